The summed E-state index contributed by atoms with van der Waals surface area (Å²) < 4.78 is 1.51. The lowest BCUT2D eigenvalue weighted by Crippen LogP contribution is -2.03. The van der Waals surface area contributed by atoms with E-state index in [9.17, 15) is 0 Å². The molecule has 0 saturated carbocycles. The van der Waals surface area contributed by atoms with Gasteiger partial charge in [-0.2, -0.15) is 9.67 Å². The van der Waals surface area contributed by atoms with Crippen LogP contribution in [0.5, 0.6) is 0 Å². The van der Waals surface area contributed by atoms with Gasteiger partial charge in [0.2, 0.25) is 11.9 Å². The van der Waals surface area contributed by atoms with Gasteiger partial charge in [0, 0.05) is 6.54 Å². The Hall–Kier alpha value is -1.46. The van der Waals surface area contributed by atoms with E-state index in [0.717, 1.165) is 18.7 Å². The van der Waals surface area contributed by atoms with Gasteiger partial charge in [0.25, 0.3) is 0 Å². The van der Waals surface area contributed by atoms with E-state index in [1.807, 2.05) is 0 Å². The average Bonchev–Trinajstić information content (AvgIpc) is 2.71. The predicted octanol–water partition coefficient (Wildman–Crippen LogP) is 2.98. The molecule has 0 aliphatic rings. The Morgan fingerprint density at radius 3 is 2.78 bits per heavy atom. The minimum Gasteiger partial charge on any atom is -0.368 e. The van der Waals surface area contributed by atoms with Crippen molar-refractivity contribution < 1.29 is 0 Å². The van der Waals surface area contributed by atoms with E-state index in [2.05, 4.69) is 22.3 Å². The number of benzene rings is 1. The number of aromatic nitrogens is 3. The molecule has 0 aliphatic carbocycles. The van der Waals surface area contributed by atoms with Crippen LogP contribution in [0.3, 0.4) is 0 Å². The normalized spacial score (nSPS) is 10.6. The van der Waals surface area contributed by atoms with Gasteiger partial charge in [0.1, 0.15) is 0 Å². The first kappa shape index (κ1) is 13.0. The SMILES string of the molecule is CCCNc1nc(N)n(-c2ccc(Cl)c(Cl)c2)n1. The molecule has 0 amide bonds. The van der Waals surface area contributed by atoms with Crippen LogP contribution in [0.4, 0.5) is 11.9 Å². The van der Waals surface area contributed by atoms with Crippen molar-refractivity contribution in [1.82, 2.24) is 14.8 Å². The molecule has 96 valence electrons. The molecule has 0 unspecified atom stereocenters. The number of halogens is 2. The van der Waals surface area contributed by atoms with Crippen LogP contribution in [0.1, 0.15) is 13.3 Å². The lowest BCUT2D eigenvalue weighted by Gasteiger charge is -2.03. The topological polar surface area (TPSA) is 68.8 Å². The van der Waals surface area contributed by atoms with Crippen molar-refractivity contribution >= 4 is 35.1 Å². The Morgan fingerprint density at radius 1 is 1.33 bits per heavy atom. The highest BCUT2D eigenvalue weighted by Gasteiger charge is 2.09. The summed E-state index contributed by atoms with van der Waals surface area (Å²) in [6, 6.07) is 5.17. The van der Waals surface area contributed by atoms with E-state index in [0.29, 0.717) is 21.9 Å². The highest BCUT2D eigenvalue weighted by Crippen LogP contribution is 2.25. The lowest BCUT2D eigenvalue weighted by molar-refractivity contribution is 0.880. The van der Waals surface area contributed by atoms with Gasteiger partial charge < -0.3 is 11.1 Å². The molecule has 0 radical (unpaired) electrons. The smallest absolute Gasteiger partial charge is 0.244 e. The van der Waals surface area contributed by atoms with E-state index >= 15 is 0 Å². The zero-order valence-electron chi connectivity index (χ0n) is 9.82. The van der Waals surface area contributed by atoms with Crippen molar-refractivity contribution in [2.75, 3.05) is 17.6 Å². The summed E-state index contributed by atoms with van der Waals surface area (Å²) in [4.78, 5) is 4.12. The van der Waals surface area contributed by atoms with Crippen molar-refractivity contribution in [2.45, 2.75) is 13.3 Å². The molecule has 0 atom stereocenters. The molecular formula is C11H13Cl2N5. The number of hydrogen-bond acceptors (Lipinski definition) is 4. The first-order valence-corrected chi connectivity index (χ1v) is 6.29. The van der Waals surface area contributed by atoms with Gasteiger partial charge in [-0.3, -0.25) is 0 Å². The maximum absolute atomic E-state index is 5.96. The highest BCUT2D eigenvalue weighted by molar-refractivity contribution is 6.42. The Morgan fingerprint density at radius 2 is 2.11 bits per heavy atom. The zero-order chi connectivity index (χ0) is 13.1. The first-order valence-electron chi connectivity index (χ1n) is 5.53. The molecule has 1 heterocycles. The number of nitrogen functional groups attached to an aromatic ring is 1. The molecule has 1 aromatic carbocycles. The monoisotopic (exact) mass is 285 g/mol. The summed E-state index contributed by atoms with van der Waals surface area (Å²) in [6.45, 7) is 2.86. The second kappa shape index (κ2) is 5.46. The molecule has 18 heavy (non-hydrogen) atoms. The average molecular weight is 286 g/mol. The number of nitrogens with two attached hydrogens (primary N) is 1. The molecule has 0 fully saturated rings. The van der Waals surface area contributed by atoms with Gasteiger partial charge in [-0.25, -0.2) is 0 Å². The van der Waals surface area contributed by atoms with Gasteiger partial charge in [0.15, 0.2) is 0 Å². The fourth-order valence-corrected chi connectivity index (χ4v) is 1.73. The van der Waals surface area contributed by atoms with Gasteiger partial charge >= 0.3 is 0 Å². The molecule has 2 aromatic rings. The van der Waals surface area contributed by atoms with Crippen LogP contribution in [0.15, 0.2) is 18.2 Å². The van der Waals surface area contributed by atoms with Crippen molar-refractivity contribution in [2.24, 2.45) is 0 Å². The molecule has 0 bridgehead atoms. The molecule has 0 saturated heterocycles. The van der Waals surface area contributed by atoms with Crippen LogP contribution >= 0.6 is 23.2 Å². The summed E-state index contributed by atoms with van der Waals surface area (Å²) in [6.07, 6.45) is 0.987. The number of nitrogens with zero attached hydrogens (tertiary/aromatic N) is 3. The van der Waals surface area contributed by atoms with Crippen LogP contribution in [0, 0.1) is 0 Å². The maximum atomic E-state index is 5.96. The van der Waals surface area contributed by atoms with Crippen molar-refractivity contribution in [1.29, 1.82) is 0 Å². The summed E-state index contributed by atoms with van der Waals surface area (Å²) in [5, 5.41) is 8.27. The van der Waals surface area contributed by atoms with E-state index in [4.69, 9.17) is 28.9 Å². The third-order valence-corrected chi connectivity index (χ3v) is 3.05. The number of nitrogens with one attached hydrogen (secondary N) is 1. The summed E-state index contributed by atoms with van der Waals surface area (Å²) in [5.74, 6) is 0.799. The second-order valence-electron chi connectivity index (χ2n) is 3.73. The molecule has 3 N–H and O–H groups in total. The van der Waals surface area contributed by atoms with E-state index in [1.54, 1.807) is 18.2 Å². The number of rotatable bonds is 4. The summed E-state index contributed by atoms with van der Waals surface area (Å²) in [5.41, 5.74) is 6.53. The Bertz CT molecular complexity index is 552. The molecular weight excluding hydrogens is 273 g/mol. The van der Waals surface area contributed by atoms with Crippen LogP contribution in [-0.2, 0) is 0 Å². The van der Waals surface area contributed by atoms with Crippen molar-refractivity contribution in [3.8, 4) is 5.69 Å². The van der Waals surface area contributed by atoms with Crippen LogP contribution in [0.25, 0.3) is 5.69 Å². The number of hydrogen-bond donors (Lipinski definition) is 2. The third-order valence-electron chi connectivity index (χ3n) is 2.31. The first-order chi connectivity index (χ1) is 8.61. The molecule has 0 aliphatic heterocycles. The quantitative estimate of drug-likeness (QED) is 0.906. The minimum absolute atomic E-state index is 0.298. The van der Waals surface area contributed by atoms with Crippen LogP contribution < -0.4 is 11.1 Å². The standard InChI is InChI=1S/C11H13Cl2N5/c1-2-5-15-11-16-10(14)18(17-11)7-3-4-8(12)9(13)6-7/h3-4,6H,2,5H2,1H3,(H3,14,15,16,17). The molecule has 5 nitrogen and oxygen atoms in total. The number of anilines is 2. The Kier molecular flexibility index (Phi) is 3.93. The van der Waals surface area contributed by atoms with Crippen LogP contribution in [0.2, 0.25) is 10.0 Å². The Labute approximate surface area is 115 Å². The van der Waals surface area contributed by atoms with Gasteiger partial charge in [-0.15, -0.1) is 5.10 Å². The lowest BCUT2D eigenvalue weighted by atomic mass is 10.3. The van der Waals surface area contributed by atoms with E-state index in [1.165, 1.54) is 4.68 Å². The van der Waals surface area contributed by atoms with Crippen molar-refractivity contribution in [3.63, 3.8) is 0 Å². The minimum atomic E-state index is 0.298. The second-order valence-corrected chi connectivity index (χ2v) is 4.55. The Balaban J connectivity index is 2.32. The zero-order valence-corrected chi connectivity index (χ0v) is 11.3. The van der Waals surface area contributed by atoms with Crippen molar-refractivity contribution in [3.05, 3.63) is 28.2 Å². The van der Waals surface area contributed by atoms with Gasteiger partial charge in [-0.1, -0.05) is 30.1 Å². The summed E-state index contributed by atoms with van der Waals surface area (Å²) >= 11 is 11.8. The maximum Gasteiger partial charge on any atom is 0.244 e. The molecule has 0 spiro atoms. The predicted molar refractivity (Wildman–Crippen MR) is 74.6 cm³/mol. The van der Waals surface area contributed by atoms with E-state index < -0.39 is 0 Å². The summed E-state index contributed by atoms with van der Waals surface area (Å²) in [7, 11) is 0. The molecule has 2 rings (SSSR count). The third kappa shape index (κ3) is 2.68. The van der Waals surface area contributed by atoms with Gasteiger partial charge in [-0.05, 0) is 24.6 Å². The highest BCUT2D eigenvalue weighted by atomic mass is 35.5. The molecule has 7 heteroatoms. The van der Waals surface area contributed by atoms with E-state index in [-0.39, 0.29) is 0 Å². The van der Waals surface area contributed by atoms with Gasteiger partial charge in [0.05, 0.1) is 15.7 Å². The molecule has 1 aromatic heterocycles. The van der Waals surface area contributed by atoms with Crippen LogP contribution in [-0.4, -0.2) is 21.3 Å². The largest absolute Gasteiger partial charge is 0.368 e. The fraction of sp³-hybridized carbons (Fsp3) is 0.273. The fourth-order valence-electron chi connectivity index (χ4n) is 1.44.